The molecule has 0 spiro atoms. The van der Waals surface area contributed by atoms with Crippen molar-refractivity contribution in [2.24, 2.45) is 0 Å². The van der Waals surface area contributed by atoms with Crippen LogP contribution in [0.4, 0.5) is 5.13 Å². The van der Waals surface area contributed by atoms with Crippen molar-refractivity contribution in [1.82, 2.24) is 14.8 Å². The molecular weight excluding hydrogens is 280 g/mol. The van der Waals surface area contributed by atoms with Crippen LogP contribution in [0.2, 0.25) is 0 Å². The molecule has 21 heavy (non-hydrogen) atoms. The molecule has 0 atom stereocenters. The van der Waals surface area contributed by atoms with Crippen LogP contribution < -0.4 is 5.32 Å². The Morgan fingerprint density at radius 3 is 2.90 bits per heavy atom. The van der Waals surface area contributed by atoms with E-state index < -0.39 is 0 Å². The normalized spacial score (nSPS) is 15.8. The molecule has 1 aliphatic carbocycles. The maximum atomic E-state index is 4.69. The first-order valence-electron chi connectivity index (χ1n) is 7.52. The molecule has 0 saturated heterocycles. The summed E-state index contributed by atoms with van der Waals surface area (Å²) in [6, 6.07) is 10.9. The second kappa shape index (κ2) is 5.48. The second-order valence-corrected chi connectivity index (χ2v) is 6.60. The van der Waals surface area contributed by atoms with Crippen molar-refractivity contribution in [1.29, 1.82) is 0 Å². The first-order chi connectivity index (χ1) is 10.4. The van der Waals surface area contributed by atoms with Crippen molar-refractivity contribution >= 4 is 26.7 Å². The fourth-order valence-corrected chi connectivity index (χ4v) is 3.82. The predicted octanol–water partition coefficient (Wildman–Crippen LogP) is 4.22. The molecule has 0 amide bonds. The summed E-state index contributed by atoms with van der Waals surface area (Å²) in [7, 11) is 0. The maximum Gasteiger partial charge on any atom is 0.184 e. The van der Waals surface area contributed by atoms with Crippen LogP contribution in [-0.2, 0) is 6.54 Å². The Morgan fingerprint density at radius 2 is 2.05 bits per heavy atom. The van der Waals surface area contributed by atoms with Crippen molar-refractivity contribution in [2.45, 2.75) is 38.3 Å². The van der Waals surface area contributed by atoms with E-state index in [9.17, 15) is 0 Å². The van der Waals surface area contributed by atoms with Crippen LogP contribution in [0, 0.1) is 0 Å². The van der Waals surface area contributed by atoms with Gasteiger partial charge in [0.05, 0.1) is 28.5 Å². The average molecular weight is 298 g/mol. The van der Waals surface area contributed by atoms with E-state index in [1.807, 2.05) is 18.2 Å². The second-order valence-electron chi connectivity index (χ2n) is 5.57. The molecule has 0 aliphatic heterocycles. The van der Waals surface area contributed by atoms with Crippen molar-refractivity contribution in [3.8, 4) is 0 Å². The Bertz CT molecular complexity index is 706. The van der Waals surface area contributed by atoms with Crippen molar-refractivity contribution in [2.75, 3.05) is 5.32 Å². The molecule has 5 heteroatoms. The van der Waals surface area contributed by atoms with Gasteiger partial charge >= 0.3 is 0 Å². The molecule has 4 rings (SSSR count). The molecular formula is C16H18N4S. The molecule has 0 bridgehead atoms. The van der Waals surface area contributed by atoms with E-state index in [2.05, 4.69) is 33.3 Å². The lowest BCUT2D eigenvalue weighted by atomic mass is 10.3. The van der Waals surface area contributed by atoms with E-state index >= 15 is 0 Å². The van der Waals surface area contributed by atoms with E-state index in [1.165, 1.54) is 30.4 Å². The highest BCUT2D eigenvalue weighted by Crippen LogP contribution is 2.29. The van der Waals surface area contributed by atoms with Gasteiger partial charge in [-0.3, -0.25) is 4.68 Å². The highest BCUT2D eigenvalue weighted by atomic mass is 32.1. The van der Waals surface area contributed by atoms with E-state index in [-0.39, 0.29) is 0 Å². The number of hydrogen-bond donors (Lipinski definition) is 1. The number of fused-ring (bicyclic) bond motifs is 1. The van der Waals surface area contributed by atoms with Crippen LogP contribution >= 0.6 is 11.3 Å². The Kier molecular flexibility index (Phi) is 3.35. The summed E-state index contributed by atoms with van der Waals surface area (Å²) >= 11 is 1.69. The third-order valence-corrected chi connectivity index (χ3v) is 5.07. The largest absolute Gasteiger partial charge is 0.356 e. The van der Waals surface area contributed by atoms with Crippen LogP contribution in [0.25, 0.3) is 10.2 Å². The van der Waals surface area contributed by atoms with Gasteiger partial charge in [0.2, 0.25) is 0 Å². The first kappa shape index (κ1) is 12.8. The van der Waals surface area contributed by atoms with Crippen molar-refractivity contribution < 1.29 is 0 Å². The van der Waals surface area contributed by atoms with Crippen molar-refractivity contribution in [3.05, 3.63) is 42.2 Å². The quantitative estimate of drug-likeness (QED) is 0.784. The van der Waals surface area contributed by atoms with E-state index in [0.29, 0.717) is 6.04 Å². The fraction of sp³-hybridized carbons (Fsp3) is 0.375. The highest BCUT2D eigenvalue weighted by molar-refractivity contribution is 7.22. The van der Waals surface area contributed by atoms with Crippen LogP contribution in [-0.4, -0.2) is 14.8 Å². The lowest BCUT2D eigenvalue weighted by Gasteiger charge is -2.08. The Hall–Kier alpha value is -1.88. The topological polar surface area (TPSA) is 42.7 Å². The summed E-state index contributed by atoms with van der Waals surface area (Å²) in [6.07, 6.45) is 7.33. The minimum Gasteiger partial charge on any atom is -0.356 e. The number of aromatic nitrogens is 3. The smallest absolute Gasteiger partial charge is 0.184 e. The zero-order valence-electron chi connectivity index (χ0n) is 11.8. The third-order valence-electron chi connectivity index (χ3n) is 4.08. The molecule has 1 aromatic carbocycles. The summed E-state index contributed by atoms with van der Waals surface area (Å²) in [6.45, 7) is 0.736. The minimum atomic E-state index is 0.612. The molecule has 3 aromatic rings. The summed E-state index contributed by atoms with van der Waals surface area (Å²) in [5.74, 6) is 0. The summed E-state index contributed by atoms with van der Waals surface area (Å²) < 4.78 is 3.36. The standard InChI is InChI=1S/C16H18N4S/c1-2-6-13(5-1)20-10-9-12(19-20)11-17-16-18-14-7-3-4-8-15(14)21-16/h3-4,7-10,13H,1-2,5-6,11H2,(H,17,18). The number of rotatable bonds is 4. The molecule has 0 unspecified atom stereocenters. The predicted molar refractivity (Wildman–Crippen MR) is 86.7 cm³/mol. The molecule has 1 aliphatic rings. The average Bonchev–Trinajstić information content (AvgIpc) is 3.23. The van der Waals surface area contributed by atoms with Gasteiger partial charge in [-0.05, 0) is 31.0 Å². The van der Waals surface area contributed by atoms with Gasteiger partial charge in [-0.25, -0.2) is 4.98 Å². The van der Waals surface area contributed by atoms with Crippen LogP contribution in [0.15, 0.2) is 36.5 Å². The zero-order valence-corrected chi connectivity index (χ0v) is 12.6. The molecule has 108 valence electrons. The van der Waals surface area contributed by atoms with Gasteiger partial charge < -0.3 is 5.32 Å². The summed E-state index contributed by atoms with van der Waals surface area (Å²) in [5.41, 5.74) is 2.14. The highest BCUT2D eigenvalue weighted by Gasteiger charge is 2.17. The number of nitrogens with zero attached hydrogens (tertiary/aromatic N) is 3. The minimum absolute atomic E-state index is 0.612. The van der Waals surface area contributed by atoms with Crippen molar-refractivity contribution in [3.63, 3.8) is 0 Å². The first-order valence-corrected chi connectivity index (χ1v) is 8.33. The molecule has 1 fully saturated rings. The maximum absolute atomic E-state index is 4.69. The lowest BCUT2D eigenvalue weighted by Crippen LogP contribution is -2.07. The Labute approximate surface area is 127 Å². The van der Waals surface area contributed by atoms with E-state index in [1.54, 1.807) is 11.3 Å². The van der Waals surface area contributed by atoms with Gasteiger partial charge in [-0.2, -0.15) is 5.10 Å². The fourth-order valence-electron chi connectivity index (χ4n) is 2.96. The number of thiazole rings is 1. The van der Waals surface area contributed by atoms with E-state index in [0.717, 1.165) is 22.9 Å². The Morgan fingerprint density at radius 1 is 1.19 bits per heavy atom. The number of hydrogen-bond acceptors (Lipinski definition) is 4. The van der Waals surface area contributed by atoms with Gasteiger partial charge in [0.25, 0.3) is 0 Å². The van der Waals surface area contributed by atoms with Gasteiger partial charge in [0, 0.05) is 6.20 Å². The number of benzene rings is 1. The van der Waals surface area contributed by atoms with Gasteiger partial charge in [0.15, 0.2) is 5.13 Å². The van der Waals surface area contributed by atoms with Crippen LogP contribution in [0.1, 0.15) is 37.4 Å². The number of para-hydroxylation sites is 1. The van der Waals surface area contributed by atoms with Gasteiger partial charge in [0.1, 0.15) is 0 Å². The summed E-state index contributed by atoms with van der Waals surface area (Å²) in [5, 5.41) is 9.04. The molecule has 4 nitrogen and oxygen atoms in total. The lowest BCUT2D eigenvalue weighted by molar-refractivity contribution is 0.463. The van der Waals surface area contributed by atoms with Crippen LogP contribution in [0.3, 0.4) is 0 Å². The Balaban J connectivity index is 1.44. The molecule has 1 N–H and O–H groups in total. The van der Waals surface area contributed by atoms with Gasteiger partial charge in [-0.1, -0.05) is 36.3 Å². The number of anilines is 1. The molecule has 1 saturated carbocycles. The zero-order chi connectivity index (χ0) is 14.1. The SMILES string of the molecule is c1ccc2sc(NCc3ccn(C4CCCC4)n3)nc2c1. The van der Waals surface area contributed by atoms with Gasteiger partial charge in [-0.15, -0.1) is 0 Å². The molecule has 2 heterocycles. The van der Waals surface area contributed by atoms with E-state index in [4.69, 9.17) is 5.10 Å². The molecule has 0 radical (unpaired) electrons. The monoisotopic (exact) mass is 298 g/mol. The summed E-state index contributed by atoms with van der Waals surface area (Å²) in [4.78, 5) is 4.58. The third kappa shape index (κ3) is 2.65. The molecule has 2 aromatic heterocycles. The number of nitrogens with one attached hydrogen (secondary N) is 1. The van der Waals surface area contributed by atoms with Crippen LogP contribution in [0.5, 0.6) is 0 Å².